The molecular formula is C26H24ClFN4O5. The molecule has 37 heavy (non-hydrogen) atoms. The first-order chi connectivity index (χ1) is 17.8. The first kappa shape index (κ1) is 27.2. The number of ether oxygens (including phenoxy) is 2. The third-order valence-corrected chi connectivity index (χ3v) is 5.29. The van der Waals surface area contributed by atoms with E-state index in [0.717, 1.165) is 11.6 Å². The number of para-hydroxylation sites is 1. The maximum absolute atomic E-state index is 13.6. The molecule has 11 heteroatoms. The van der Waals surface area contributed by atoms with Gasteiger partial charge in [0.15, 0.2) is 18.1 Å². The van der Waals surface area contributed by atoms with E-state index in [1.165, 1.54) is 24.4 Å². The molecule has 0 radical (unpaired) electrons. The van der Waals surface area contributed by atoms with E-state index in [0.29, 0.717) is 34.4 Å². The molecule has 0 fully saturated rings. The van der Waals surface area contributed by atoms with Gasteiger partial charge in [0.1, 0.15) is 5.82 Å². The Hall–Kier alpha value is -4.44. The molecule has 0 aromatic heterocycles. The van der Waals surface area contributed by atoms with Crippen LogP contribution in [0, 0.1) is 12.7 Å². The topological polar surface area (TPSA) is 118 Å². The Bertz CT molecular complexity index is 1330. The smallest absolute Gasteiger partial charge is 0.329 e. The van der Waals surface area contributed by atoms with Gasteiger partial charge in [0.05, 0.1) is 18.5 Å². The summed E-state index contributed by atoms with van der Waals surface area (Å²) in [4.78, 5) is 36.2. The molecule has 3 aromatic rings. The van der Waals surface area contributed by atoms with Crippen molar-refractivity contribution in [3.63, 3.8) is 0 Å². The van der Waals surface area contributed by atoms with E-state index < -0.39 is 17.6 Å². The molecule has 3 amide bonds. The normalized spacial score (nSPS) is 10.6. The summed E-state index contributed by atoms with van der Waals surface area (Å²) in [6.07, 6.45) is 1.29. The lowest BCUT2D eigenvalue weighted by molar-refractivity contribution is -0.136. The molecule has 0 bridgehead atoms. The average Bonchev–Trinajstić information content (AvgIpc) is 2.87. The molecule has 0 saturated heterocycles. The van der Waals surface area contributed by atoms with Gasteiger partial charge in [0, 0.05) is 10.7 Å². The molecule has 9 nitrogen and oxygen atoms in total. The summed E-state index contributed by atoms with van der Waals surface area (Å²) < 4.78 is 24.8. The number of carbonyl (C=O) groups excluding carboxylic acids is 3. The van der Waals surface area contributed by atoms with Gasteiger partial charge < -0.3 is 20.1 Å². The molecule has 3 rings (SSSR count). The molecule has 3 aromatic carbocycles. The Labute approximate surface area is 217 Å². The van der Waals surface area contributed by atoms with E-state index in [9.17, 15) is 18.8 Å². The summed E-state index contributed by atoms with van der Waals surface area (Å²) in [6.45, 7) is 3.64. The second-order valence-electron chi connectivity index (χ2n) is 7.52. The number of hydrogen-bond acceptors (Lipinski definition) is 6. The van der Waals surface area contributed by atoms with E-state index >= 15 is 0 Å². The Balaban J connectivity index is 1.58. The Morgan fingerprint density at radius 2 is 1.70 bits per heavy atom. The molecule has 192 valence electrons. The lowest BCUT2D eigenvalue weighted by Crippen LogP contribution is -2.32. The van der Waals surface area contributed by atoms with Crippen LogP contribution in [0.25, 0.3) is 0 Å². The second-order valence-corrected chi connectivity index (χ2v) is 7.93. The number of carbonyl (C=O) groups is 3. The zero-order valence-corrected chi connectivity index (χ0v) is 20.8. The molecule has 0 unspecified atom stereocenters. The molecule has 0 saturated carbocycles. The van der Waals surface area contributed by atoms with Crippen LogP contribution in [0.15, 0.2) is 65.8 Å². The quantitative estimate of drug-likeness (QED) is 0.218. The number of nitrogens with zero attached hydrogens (tertiary/aromatic N) is 1. The molecule has 0 heterocycles. The van der Waals surface area contributed by atoms with E-state index in [4.69, 9.17) is 21.1 Å². The molecule has 0 aliphatic rings. The lowest BCUT2D eigenvalue weighted by atomic mass is 10.2. The highest BCUT2D eigenvalue weighted by Gasteiger charge is 2.15. The third-order valence-electron chi connectivity index (χ3n) is 4.88. The van der Waals surface area contributed by atoms with Gasteiger partial charge in [-0.3, -0.25) is 14.4 Å². The maximum atomic E-state index is 13.6. The highest BCUT2D eigenvalue weighted by atomic mass is 35.5. The summed E-state index contributed by atoms with van der Waals surface area (Å²) in [6, 6.07) is 15.4. The summed E-state index contributed by atoms with van der Waals surface area (Å²) in [5.41, 5.74) is 3.79. The molecule has 3 N–H and O–H groups in total. The van der Waals surface area contributed by atoms with Gasteiger partial charge in [0.2, 0.25) is 0 Å². The minimum Gasteiger partial charge on any atom is -0.490 e. The van der Waals surface area contributed by atoms with Crippen molar-refractivity contribution in [3.05, 3.63) is 82.6 Å². The molecule has 0 spiro atoms. The SMILES string of the molecule is CCOc1cc(/C=N\NC(=O)C(=O)Nc2ccccc2F)ccc1OCC(=O)Nc1cccc(Cl)c1C. The molecular weight excluding hydrogens is 503 g/mol. The third kappa shape index (κ3) is 7.77. The van der Waals surface area contributed by atoms with Crippen LogP contribution in [-0.4, -0.2) is 37.1 Å². The fourth-order valence-electron chi connectivity index (χ4n) is 3.02. The van der Waals surface area contributed by atoms with Crippen LogP contribution in [0.2, 0.25) is 5.02 Å². The predicted octanol–water partition coefficient (Wildman–Crippen LogP) is 4.29. The Morgan fingerprint density at radius 1 is 0.946 bits per heavy atom. The number of halogens is 2. The Morgan fingerprint density at radius 3 is 2.46 bits per heavy atom. The standard InChI is InChI=1S/C26H24ClFN4O5/c1-3-36-23-13-17(14-29-32-26(35)25(34)31-21-9-5-4-8-19(21)28)11-12-22(23)37-15-24(33)30-20-10-6-7-18(27)16(20)2/h4-14H,3,15H2,1-2H3,(H,30,33)(H,31,34)(H,32,35)/b29-14-. The zero-order chi connectivity index (χ0) is 26.8. The zero-order valence-electron chi connectivity index (χ0n) is 20.0. The van der Waals surface area contributed by atoms with Gasteiger partial charge in [-0.1, -0.05) is 29.8 Å². The van der Waals surface area contributed by atoms with Crippen LogP contribution in [0.1, 0.15) is 18.1 Å². The average molecular weight is 527 g/mol. The van der Waals surface area contributed by atoms with E-state index in [2.05, 4.69) is 21.2 Å². The van der Waals surface area contributed by atoms with Gasteiger partial charge in [-0.05, 0) is 67.4 Å². The molecule has 0 aliphatic carbocycles. The predicted molar refractivity (Wildman–Crippen MR) is 139 cm³/mol. The number of hydrogen-bond donors (Lipinski definition) is 3. The minimum absolute atomic E-state index is 0.125. The van der Waals surface area contributed by atoms with Gasteiger partial charge in [0.25, 0.3) is 5.91 Å². The van der Waals surface area contributed by atoms with Gasteiger partial charge in [-0.2, -0.15) is 5.10 Å². The maximum Gasteiger partial charge on any atom is 0.329 e. The lowest BCUT2D eigenvalue weighted by Gasteiger charge is -2.13. The van der Waals surface area contributed by atoms with Crippen molar-refractivity contribution >= 4 is 46.9 Å². The van der Waals surface area contributed by atoms with Crippen LogP contribution in [-0.2, 0) is 14.4 Å². The van der Waals surface area contributed by atoms with Crippen molar-refractivity contribution < 1.29 is 28.2 Å². The number of benzene rings is 3. The van der Waals surface area contributed by atoms with Crippen molar-refractivity contribution in [2.45, 2.75) is 13.8 Å². The number of rotatable bonds is 9. The van der Waals surface area contributed by atoms with Crippen molar-refractivity contribution in [2.75, 3.05) is 23.8 Å². The summed E-state index contributed by atoms with van der Waals surface area (Å²) in [5, 5.41) is 9.19. The first-order valence-electron chi connectivity index (χ1n) is 11.1. The number of anilines is 2. The largest absolute Gasteiger partial charge is 0.490 e. The first-order valence-corrected chi connectivity index (χ1v) is 11.5. The van der Waals surface area contributed by atoms with Gasteiger partial charge >= 0.3 is 11.8 Å². The van der Waals surface area contributed by atoms with Crippen molar-refractivity contribution in [1.29, 1.82) is 0 Å². The summed E-state index contributed by atoms with van der Waals surface area (Å²) >= 11 is 6.08. The summed E-state index contributed by atoms with van der Waals surface area (Å²) in [5.74, 6) is -2.53. The van der Waals surface area contributed by atoms with Crippen LogP contribution in [0.3, 0.4) is 0 Å². The van der Waals surface area contributed by atoms with Crippen LogP contribution in [0.5, 0.6) is 11.5 Å². The summed E-state index contributed by atoms with van der Waals surface area (Å²) in [7, 11) is 0. The number of nitrogens with one attached hydrogen (secondary N) is 3. The van der Waals surface area contributed by atoms with Gasteiger partial charge in [-0.15, -0.1) is 0 Å². The Kier molecular flexibility index (Phi) is 9.56. The highest BCUT2D eigenvalue weighted by molar-refractivity contribution is 6.39. The van der Waals surface area contributed by atoms with Crippen molar-refractivity contribution in [2.24, 2.45) is 5.10 Å². The van der Waals surface area contributed by atoms with Crippen molar-refractivity contribution in [3.8, 4) is 11.5 Å². The van der Waals surface area contributed by atoms with Crippen molar-refractivity contribution in [1.82, 2.24) is 5.43 Å². The number of hydrazone groups is 1. The minimum atomic E-state index is -1.08. The monoisotopic (exact) mass is 526 g/mol. The number of amides is 3. The van der Waals surface area contributed by atoms with E-state index in [-0.39, 0.29) is 18.2 Å². The highest BCUT2D eigenvalue weighted by Crippen LogP contribution is 2.28. The van der Waals surface area contributed by atoms with Crippen LogP contribution in [0.4, 0.5) is 15.8 Å². The second kappa shape index (κ2) is 13.0. The van der Waals surface area contributed by atoms with Crippen LogP contribution >= 0.6 is 11.6 Å². The van der Waals surface area contributed by atoms with Gasteiger partial charge in [-0.25, -0.2) is 9.82 Å². The van der Waals surface area contributed by atoms with Crippen LogP contribution < -0.4 is 25.5 Å². The fraction of sp³-hybridized carbons (Fsp3) is 0.154. The molecule has 0 aliphatic heterocycles. The fourth-order valence-corrected chi connectivity index (χ4v) is 3.20. The molecule has 0 atom stereocenters. The van der Waals surface area contributed by atoms with E-state index in [1.807, 2.05) is 0 Å². The van der Waals surface area contributed by atoms with E-state index in [1.54, 1.807) is 50.2 Å².